The summed E-state index contributed by atoms with van der Waals surface area (Å²) in [7, 11) is -3.07. The van der Waals surface area contributed by atoms with Gasteiger partial charge in [0.1, 0.15) is 5.82 Å². The highest BCUT2D eigenvalue weighted by Gasteiger charge is 2.39. The summed E-state index contributed by atoms with van der Waals surface area (Å²) in [6, 6.07) is 6.18. The highest BCUT2D eigenvalue weighted by Crippen LogP contribution is 2.34. The van der Waals surface area contributed by atoms with E-state index in [1.807, 2.05) is 6.07 Å². The normalized spacial score (nSPS) is 28.0. The summed E-state index contributed by atoms with van der Waals surface area (Å²) in [5.74, 6) is -0.776. The second-order valence-electron chi connectivity index (χ2n) is 5.84. The van der Waals surface area contributed by atoms with Crippen molar-refractivity contribution in [2.75, 3.05) is 18.1 Å². The van der Waals surface area contributed by atoms with Gasteiger partial charge in [-0.1, -0.05) is 12.1 Å². The third-order valence-corrected chi connectivity index (χ3v) is 6.12. The molecule has 1 amide bonds. The molecule has 2 fully saturated rings. The number of likely N-dealkylation sites (tertiary alicyclic amines) is 1. The number of rotatable bonds is 2. The number of halogens is 1. The summed E-state index contributed by atoms with van der Waals surface area (Å²) < 4.78 is 36.4. The maximum absolute atomic E-state index is 13.4. The molecule has 1 aromatic carbocycles. The molecule has 0 radical (unpaired) electrons. The fourth-order valence-corrected chi connectivity index (χ4v) is 5.05. The Morgan fingerprint density at radius 2 is 2.10 bits per heavy atom. The Morgan fingerprint density at radius 3 is 2.76 bits per heavy atom. The van der Waals surface area contributed by atoms with Crippen LogP contribution in [0.4, 0.5) is 4.39 Å². The van der Waals surface area contributed by atoms with Crippen molar-refractivity contribution >= 4 is 15.7 Å². The highest BCUT2D eigenvalue weighted by molar-refractivity contribution is 7.91. The number of hydrogen-bond acceptors (Lipinski definition) is 3. The Bertz CT molecular complexity index is 659. The van der Waals surface area contributed by atoms with Gasteiger partial charge in [0.05, 0.1) is 23.5 Å². The Balaban J connectivity index is 1.80. The summed E-state index contributed by atoms with van der Waals surface area (Å²) in [5, 5.41) is 0. The van der Waals surface area contributed by atoms with E-state index in [-0.39, 0.29) is 29.3 Å². The first-order valence-electron chi connectivity index (χ1n) is 7.23. The molecule has 3 rings (SSSR count). The molecule has 0 N–H and O–H groups in total. The molecule has 0 bridgehead atoms. The summed E-state index contributed by atoms with van der Waals surface area (Å²) in [6.07, 6.45) is 2.08. The van der Waals surface area contributed by atoms with Crippen molar-refractivity contribution in [3.05, 3.63) is 35.6 Å². The van der Waals surface area contributed by atoms with Crippen molar-refractivity contribution in [3.8, 4) is 0 Å². The van der Waals surface area contributed by atoms with Crippen molar-refractivity contribution in [3.63, 3.8) is 0 Å². The van der Waals surface area contributed by atoms with Crippen LogP contribution in [0.1, 0.15) is 30.9 Å². The van der Waals surface area contributed by atoms with E-state index in [2.05, 4.69) is 0 Å². The monoisotopic (exact) mass is 311 g/mol. The lowest BCUT2D eigenvalue weighted by molar-refractivity contribution is -0.135. The van der Waals surface area contributed by atoms with Crippen molar-refractivity contribution in [2.24, 2.45) is 5.92 Å². The van der Waals surface area contributed by atoms with Gasteiger partial charge in [0.2, 0.25) is 5.91 Å². The van der Waals surface area contributed by atoms with Gasteiger partial charge in [0, 0.05) is 6.54 Å². The zero-order valence-electron chi connectivity index (χ0n) is 11.7. The molecule has 0 aliphatic carbocycles. The van der Waals surface area contributed by atoms with Gasteiger partial charge in [-0.15, -0.1) is 0 Å². The average molecular weight is 311 g/mol. The van der Waals surface area contributed by atoms with Gasteiger partial charge in [0.25, 0.3) is 0 Å². The zero-order chi connectivity index (χ0) is 15.0. The van der Waals surface area contributed by atoms with Gasteiger partial charge < -0.3 is 4.90 Å². The topological polar surface area (TPSA) is 54.5 Å². The average Bonchev–Trinajstić information content (AvgIpc) is 3.04. The Labute approximate surface area is 123 Å². The molecule has 4 nitrogen and oxygen atoms in total. The van der Waals surface area contributed by atoms with Crippen LogP contribution < -0.4 is 0 Å². The minimum Gasteiger partial charge on any atom is -0.335 e. The fourth-order valence-electron chi connectivity index (χ4n) is 3.32. The summed E-state index contributed by atoms with van der Waals surface area (Å²) >= 11 is 0. The number of carbonyl (C=O) groups excluding carboxylic acids is 1. The molecule has 0 saturated carbocycles. The first-order chi connectivity index (χ1) is 9.96. The molecule has 1 aromatic rings. The first-order valence-corrected chi connectivity index (χ1v) is 9.05. The fraction of sp³-hybridized carbons (Fsp3) is 0.533. The van der Waals surface area contributed by atoms with E-state index >= 15 is 0 Å². The van der Waals surface area contributed by atoms with E-state index in [1.54, 1.807) is 11.0 Å². The molecule has 2 heterocycles. The van der Waals surface area contributed by atoms with E-state index in [9.17, 15) is 17.6 Å². The molecule has 2 aliphatic rings. The molecule has 0 unspecified atom stereocenters. The van der Waals surface area contributed by atoms with Crippen LogP contribution in [0.25, 0.3) is 0 Å². The molecule has 6 heteroatoms. The predicted molar refractivity (Wildman–Crippen MR) is 76.8 cm³/mol. The van der Waals surface area contributed by atoms with Crippen molar-refractivity contribution < 1.29 is 17.6 Å². The third-order valence-electron chi connectivity index (χ3n) is 4.35. The number of sulfone groups is 1. The summed E-state index contributed by atoms with van der Waals surface area (Å²) in [5.41, 5.74) is 0.793. The number of hydrogen-bond donors (Lipinski definition) is 0. The summed E-state index contributed by atoms with van der Waals surface area (Å²) in [4.78, 5) is 14.3. The van der Waals surface area contributed by atoms with Gasteiger partial charge >= 0.3 is 0 Å². The number of carbonyl (C=O) groups is 1. The number of nitrogens with zero attached hydrogens (tertiary/aromatic N) is 1. The minimum absolute atomic E-state index is 0.0434. The lowest BCUT2D eigenvalue weighted by Crippen LogP contribution is -2.36. The van der Waals surface area contributed by atoms with Crippen LogP contribution in [0.15, 0.2) is 24.3 Å². The van der Waals surface area contributed by atoms with Crippen molar-refractivity contribution in [2.45, 2.75) is 25.3 Å². The third kappa shape index (κ3) is 2.95. The quantitative estimate of drug-likeness (QED) is 0.838. The molecule has 0 spiro atoms. The first kappa shape index (κ1) is 14.5. The van der Waals surface area contributed by atoms with Crippen LogP contribution >= 0.6 is 0 Å². The molecule has 114 valence electrons. The van der Waals surface area contributed by atoms with Gasteiger partial charge in [-0.2, -0.15) is 0 Å². The molecule has 2 atom stereocenters. The van der Waals surface area contributed by atoms with Crippen LogP contribution in [-0.4, -0.2) is 37.3 Å². The maximum Gasteiger partial charge on any atom is 0.227 e. The van der Waals surface area contributed by atoms with E-state index in [4.69, 9.17) is 0 Å². The highest BCUT2D eigenvalue weighted by atomic mass is 32.2. The Kier molecular flexibility index (Phi) is 3.73. The predicted octanol–water partition coefficient (Wildman–Crippen LogP) is 1.92. The molecule has 2 aliphatic heterocycles. The Hall–Kier alpha value is -1.43. The SMILES string of the molecule is O=C([C@H]1CCS(=O)(=O)C1)N1CCC[C@H]1c1cccc(F)c1. The lowest BCUT2D eigenvalue weighted by atomic mass is 10.0. The number of benzene rings is 1. The molecular formula is C15H18FNO3S. The van der Waals surface area contributed by atoms with Gasteiger partial charge in [0.15, 0.2) is 9.84 Å². The van der Waals surface area contributed by atoms with Gasteiger partial charge in [-0.05, 0) is 37.0 Å². The lowest BCUT2D eigenvalue weighted by Gasteiger charge is -2.27. The smallest absolute Gasteiger partial charge is 0.227 e. The Morgan fingerprint density at radius 1 is 1.29 bits per heavy atom. The van der Waals surface area contributed by atoms with E-state index in [1.165, 1.54) is 12.1 Å². The van der Waals surface area contributed by atoms with E-state index in [0.29, 0.717) is 13.0 Å². The second kappa shape index (κ2) is 5.40. The van der Waals surface area contributed by atoms with Crippen LogP contribution in [0.3, 0.4) is 0 Å². The van der Waals surface area contributed by atoms with Crippen molar-refractivity contribution in [1.82, 2.24) is 4.90 Å². The minimum atomic E-state index is -3.07. The second-order valence-corrected chi connectivity index (χ2v) is 8.07. The standard InChI is InChI=1S/C15H18FNO3S/c16-13-4-1-3-11(9-13)14-5-2-7-17(14)15(18)12-6-8-21(19,20)10-12/h1,3-4,9,12,14H,2,5-8,10H2/t12-,14-/m0/s1. The van der Waals surface area contributed by atoms with Crippen molar-refractivity contribution in [1.29, 1.82) is 0 Å². The maximum atomic E-state index is 13.4. The van der Waals surface area contributed by atoms with Crippen LogP contribution in [0.2, 0.25) is 0 Å². The van der Waals surface area contributed by atoms with Crippen LogP contribution in [0.5, 0.6) is 0 Å². The van der Waals surface area contributed by atoms with E-state index < -0.39 is 15.8 Å². The zero-order valence-corrected chi connectivity index (χ0v) is 12.5. The molecule has 21 heavy (non-hydrogen) atoms. The van der Waals surface area contributed by atoms with Gasteiger partial charge in [-0.3, -0.25) is 4.79 Å². The van der Waals surface area contributed by atoms with Crippen LogP contribution in [-0.2, 0) is 14.6 Å². The van der Waals surface area contributed by atoms with E-state index in [0.717, 1.165) is 18.4 Å². The number of amides is 1. The largest absolute Gasteiger partial charge is 0.335 e. The summed E-state index contributed by atoms with van der Waals surface area (Å²) in [6.45, 7) is 0.622. The molecular weight excluding hydrogens is 293 g/mol. The van der Waals surface area contributed by atoms with Gasteiger partial charge in [-0.25, -0.2) is 12.8 Å². The molecule has 2 saturated heterocycles. The molecule has 0 aromatic heterocycles. The van der Waals surface area contributed by atoms with Crippen LogP contribution in [0, 0.1) is 11.7 Å².